The van der Waals surface area contributed by atoms with Crippen LogP contribution in [0.25, 0.3) is 0 Å². The third-order valence-electron chi connectivity index (χ3n) is 2.71. The van der Waals surface area contributed by atoms with Crippen LogP contribution < -0.4 is 0 Å². The molecule has 0 aliphatic carbocycles. The quantitative estimate of drug-likeness (QED) is 0.588. The maximum absolute atomic E-state index is 10.8. The summed E-state index contributed by atoms with van der Waals surface area (Å²) < 4.78 is 0. The summed E-state index contributed by atoms with van der Waals surface area (Å²) in [5, 5.41) is 0. The zero-order chi connectivity index (χ0) is 10.3. The highest BCUT2D eigenvalue weighted by molar-refractivity contribution is 5.75. The summed E-state index contributed by atoms with van der Waals surface area (Å²) in [6, 6.07) is 0. The molecule has 1 nitrogen and oxygen atoms in total. The van der Waals surface area contributed by atoms with Crippen LogP contribution in [0, 0.1) is 11.8 Å². The average molecular weight is 184 g/mol. The third kappa shape index (κ3) is 6.80. The molecule has 0 fully saturated rings. The second kappa shape index (κ2) is 7.11. The highest BCUT2D eigenvalue weighted by atomic mass is 16.1. The summed E-state index contributed by atoms with van der Waals surface area (Å²) in [6.45, 7) is 8.49. The van der Waals surface area contributed by atoms with Crippen LogP contribution in [0.15, 0.2) is 0 Å². The fourth-order valence-corrected chi connectivity index (χ4v) is 1.79. The van der Waals surface area contributed by atoms with Crippen LogP contribution in [0.2, 0.25) is 0 Å². The molecule has 0 saturated heterocycles. The van der Waals surface area contributed by atoms with E-state index in [9.17, 15) is 4.79 Å². The smallest absolute Gasteiger partial charge is 0.129 e. The number of rotatable bonds is 7. The first-order valence-electron chi connectivity index (χ1n) is 5.57. The highest BCUT2D eigenvalue weighted by Crippen LogP contribution is 2.23. The van der Waals surface area contributed by atoms with Crippen LogP contribution in [-0.2, 0) is 4.79 Å². The minimum atomic E-state index is 0.332. The van der Waals surface area contributed by atoms with Gasteiger partial charge < -0.3 is 4.79 Å². The fourth-order valence-electron chi connectivity index (χ4n) is 1.79. The Hall–Kier alpha value is -0.330. The largest absolute Gasteiger partial charge is 0.300 e. The van der Waals surface area contributed by atoms with E-state index in [4.69, 9.17) is 0 Å². The van der Waals surface area contributed by atoms with Gasteiger partial charge in [0.15, 0.2) is 0 Å². The molecule has 0 aromatic rings. The molecular weight excluding hydrogens is 160 g/mol. The fraction of sp³-hybridized carbons (Fsp3) is 0.917. The van der Waals surface area contributed by atoms with Crippen LogP contribution in [-0.4, -0.2) is 5.78 Å². The molecule has 78 valence electrons. The van der Waals surface area contributed by atoms with E-state index in [0.29, 0.717) is 5.78 Å². The molecule has 0 unspecified atom stereocenters. The third-order valence-corrected chi connectivity index (χ3v) is 2.71. The minimum absolute atomic E-state index is 0.332. The minimum Gasteiger partial charge on any atom is -0.300 e. The van der Waals surface area contributed by atoms with Gasteiger partial charge in [-0.1, -0.05) is 33.6 Å². The van der Waals surface area contributed by atoms with Crippen LogP contribution in [0.1, 0.15) is 59.8 Å². The maximum atomic E-state index is 10.8. The summed E-state index contributed by atoms with van der Waals surface area (Å²) >= 11 is 0. The van der Waals surface area contributed by atoms with E-state index in [-0.39, 0.29) is 0 Å². The number of carbonyl (C=O) groups excluding carboxylic acids is 1. The molecule has 0 bridgehead atoms. The monoisotopic (exact) mass is 184 g/mol. The molecule has 0 rings (SSSR count). The normalized spacial score (nSPS) is 13.3. The van der Waals surface area contributed by atoms with E-state index in [1.54, 1.807) is 6.92 Å². The second-order valence-electron chi connectivity index (χ2n) is 4.39. The van der Waals surface area contributed by atoms with E-state index in [0.717, 1.165) is 24.7 Å². The van der Waals surface area contributed by atoms with Crippen LogP contribution >= 0.6 is 0 Å². The Morgan fingerprint density at radius 1 is 1.23 bits per heavy atom. The SMILES string of the molecule is CCC[C@@H](CCCC(C)=O)C(C)C. The number of hydrogen-bond donors (Lipinski definition) is 0. The van der Waals surface area contributed by atoms with Crippen LogP contribution in [0.5, 0.6) is 0 Å². The van der Waals surface area contributed by atoms with E-state index in [2.05, 4.69) is 20.8 Å². The molecule has 13 heavy (non-hydrogen) atoms. The lowest BCUT2D eigenvalue weighted by Crippen LogP contribution is -2.08. The van der Waals surface area contributed by atoms with Crippen molar-refractivity contribution in [1.29, 1.82) is 0 Å². The van der Waals surface area contributed by atoms with Crippen molar-refractivity contribution in [2.75, 3.05) is 0 Å². The second-order valence-corrected chi connectivity index (χ2v) is 4.39. The van der Waals surface area contributed by atoms with Gasteiger partial charge in [-0.25, -0.2) is 0 Å². The van der Waals surface area contributed by atoms with Gasteiger partial charge in [0.2, 0.25) is 0 Å². The Labute approximate surface area is 82.9 Å². The molecule has 1 atom stereocenters. The Morgan fingerprint density at radius 2 is 1.85 bits per heavy atom. The lowest BCUT2D eigenvalue weighted by Gasteiger charge is -2.19. The summed E-state index contributed by atoms with van der Waals surface area (Å²) in [5.41, 5.74) is 0. The Morgan fingerprint density at radius 3 is 2.23 bits per heavy atom. The van der Waals surface area contributed by atoms with E-state index in [1.165, 1.54) is 19.3 Å². The first-order valence-corrected chi connectivity index (χ1v) is 5.57. The summed E-state index contributed by atoms with van der Waals surface area (Å²) in [4.78, 5) is 10.8. The standard InChI is InChI=1S/C12H24O/c1-5-7-12(10(2)3)9-6-8-11(4)13/h10,12H,5-9H2,1-4H3/t12-/m0/s1. The molecule has 0 heterocycles. The van der Waals surface area contributed by atoms with E-state index < -0.39 is 0 Å². The predicted molar refractivity (Wildman–Crippen MR) is 57.8 cm³/mol. The zero-order valence-electron chi connectivity index (χ0n) is 9.60. The summed E-state index contributed by atoms with van der Waals surface area (Å²) in [5.74, 6) is 1.93. The van der Waals surface area contributed by atoms with Gasteiger partial charge in [-0.15, -0.1) is 0 Å². The topological polar surface area (TPSA) is 17.1 Å². The van der Waals surface area contributed by atoms with E-state index >= 15 is 0 Å². The molecule has 0 N–H and O–H groups in total. The predicted octanol–water partition coefficient (Wildman–Crippen LogP) is 3.82. The lowest BCUT2D eigenvalue weighted by atomic mass is 9.87. The van der Waals surface area contributed by atoms with Gasteiger partial charge in [0, 0.05) is 6.42 Å². The Bertz CT molecular complexity index is 138. The molecule has 1 heteroatoms. The van der Waals surface area contributed by atoms with Crippen molar-refractivity contribution in [2.24, 2.45) is 11.8 Å². The highest BCUT2D eigenvalue weighted by Gasteiger charge is 2.11. The first kappa shape index (κ1) is 12.7. The maximum Gasteiger partial charge on any atom is 0.129 e. The molecule has 0 aromatic carbocycles. The molecule has 0 radical (unpaired) electrons. The number of hydrogen-bond acceptors (Lipinski definition) is 1. The average Bonchev–Trinajstić information content (AvgIpc) is 2.02. The number of ketones is 1. The molecule has 0 amide bonds. The van der Waals surface area contributed by atoms with Crippen molar-refractivity contribution in [3.63, 3.8) is 0 Å². The molecule has 0 aromatic heterocycles. The number of carbonyl (C=O) groups is 1. The van der Waals surface area contributed by atoms with Gasteiger partial charge in [-0.3, -0.25) is 0 Å². The van der Waals surface area contributed by atoms with Gasteiger partial charge in [0.25, 0.3) is 0 Å². The molecular formula is C12H24O. The van der Waals surface area contributed by atoms with Crippen molar-refractivity contribution in [3.8, 4) is 0 Å². The summed E-state index contributed by atoms with van der Waals surface area (Å²) in [6.07, 6.45) is 5.66. The van der Waals surface area contributed by atoms with Crippen molar-refractivity contribution in [3.05, 3.63) is 0 Å². The van der Waals surface area contributed by atoms with Crippen molar-refractivity contribution in [2.45, 2.75) is 59.8 Å². The van der Waals surface area contributed by atoms with E-state index in [1.807, 2.05) is 0 Å². The van der Waals surface area contributed by atoms with Crippen LogP contribution in [0.4, 0.5) is 0 Å². The Kier molecular flexibility index (Phi) is 6.93. The van der Waals surface area contributed by atoms with Crippen molar-refractivity contribution >= 4 is 5.78 Å². The molecule has 0 spiro atoms. The lowest BCUT2D eigenvalue weighted by molar-refractivity contribution is -0.117. The zero-order valence-corrected chi connectivity index (χ0v) is 9.60. The van der Waals surface area contributed by atoms with Gasteiger partial charge >= 0.3 is 0 Å². The van der Waals surface area contributed by atoms with Crippen molar-refractivity contribution in [1.82, 2.24) is 0 Å². The summed E-state index contributed by atoms with van der Waals surface area (Å²) in [7, 11) is 0. The first-order chi connectivity index (χ1) is 6.07. The van der Waals surface area contributed by atoms with Gasteiger partial charge in [0.05, 0.1) is 0 Å². The Balaban J connectivity index is 3.62. The van der Waals surface area contributed by atoms with Crippen LogP contribution in [0.3, 0.4) is 0 Å². The molecule has 0 aliphatic rings. The van der Waals surface area contributed by atoms with Crippen molar-refractivity contribution < 1.29 is 4.79 Å². The van der Waals surface area contributed by atoms with Gasteiger partial charge in [0.1, 0.15) is 5.78 Å². The van der Waals surface area contributed by atoms with Gasteiger partial charge in [-0.2, -0.15) is 0 Å². The number of Topliss-reactive ketones (excluding diaryl/α,β-unsaturated/α-hetero) is 1. The molecule has 0 saturated carbocycles. The van der Waals surface area contributed by atoms with Gasteiger partial charge in [-0.05, 0) is 31.6 Å². The molecule has 0 aliphatic heterocycles.